The largest absolute Gasteiger partial charge is 0.272 e. The van der Waals surface area contributed by atoms with Gasteiger partial charge in [-0.15, -0.1) is 12.3 Å². The van der Waals surface area contributed by atoms with Crippen molar-refractivity contribution in [3.05, 3.63) is 16.9 Å². The molecular weight excluding hydrogens is 204 g/mol. The Labute approximate surface area is 74.7 Å². The molecule has 0 N–H and O–H groups in total. The van der Waals surface area contributed by atoms with E-state index in [4.69, 9.17) is 6.42 Å². The minimum absolute atomic E-state index is 0.817. The van der Waals surface area contributed by atoms with Gasteiger partial charge in [0.25, 0.3) is 0 Å². The van der Waals surface area contributed by atoms with Crippen LogP contribution < -0.4 is 0 Å². The van der Waals surface area contributed by atoms with E-state index in [2.05, 4.69) is 26.9 Å². The summed E-state index contributed by atoms with van der Waals surface area (Å²) in [5, 5.41) is 4.09. The fraction of sp³-hybridized carbons (Fsp3) is 0.375. The summed E-state index contributed by atoms with van der Waals surface area (Å²) in [4.78, 5) is 0. The molecule has 2 nitrogen and oxygen atoms in total. The maximum atomic E-state index is 5.11. The van der Waals surface area contributed by atoms with Gasteiger partial charge in [0.2, 0.25) is 0 Å². The van der Waals surface area contributed by atoms with Crippen LogP contribution in [0.4, 0.5) is 0 Å². The molecule has 0 atom stereocenters. The highest BCUT2D eigenvalue weighted by Gasteiger charge is 1.92. The molecular formula is C8H9BrN2. The number of hydrogen-bond donors (Lipinski definition) is 0. The van der Waals surface area contributed by atoms with Crippen molar-refractivity contribution in [2.24, 2.45) is 0 Å². The van der Waals surface area contributed by atoms with Crippen LogP contribution in [0.25, 0.3) is 0 Å². The second kappa shape index (κ2) is 4.20. The lowest BCUT2D eigenvalue weighted by molar-refractivity contribution is 0.587. The van der Waals surface area contributed by atoms with Crippen molar-refractivity contribution in [1.82, 2.24) is 9.78 Å². The lowest BCUT2D eigenvalue weighted by Crippen LogP contribution is -1.96. The van der Waals surface area contributed by atoms with Crippen molar-refractivity contribution in [3.8, 4) is 12.3 Å². The highest BCUT2D eigenvalue weighted by molar-refractivity contribution is 9.10. The second-order valence-corrected chi connectivity index (χ2v) is 3.14. The Morgan fingerprint density at radius 3 is 3.09 bits per heavy atom. The van der Waals surface area contributed by atoms with Crippen molar-refractivity contribution in [2.45, 2.75) is 19.4 Å². The number of aromatic nitrogens is 2. The van der Waals surface area contributed by atoms with Gasteiger partial charge in [0, 0.05) is 19.2 Å². The summed E-state index contributed by atoms with van der Waals surface area (Å²) >= 11 is 3.32. The average molecular weight is 213 g/mol. The monoisotopic (exact) mass is 212 g/mol. The van der Waals surface area contributed by atoms with Crippen LogP contribution in [-0.4, -0.2) is 9.78 Å². The minimum Gasteiger partial charge on any atom is -0.272 e. The van der Waals surface area contributed by atoms with Gasteiger partial charge < -0.3 is 0 Å². The molecule has 0 aromatic carbocycles. The van der Waals surface area contributed by atoms with E-state index < -0.39 is 0 Å². The van der Waals surface area contributed by atoms with Gasteiger partial charge in [0.05, 0.1) is 10.7 Å². The highest BCUT2D eigenvalue weighted by atomic mass is 79.9. The summed E-state index contributed by atoms with van der Waals surface area (Å²) in [7, 11) is 0. The second-order valence-electron chi connectivity index (χ2n) is 2.23. The first kappa shape index (κ1) is 8.35. The summed E-state index contributed by atoms with van der Waals surface area (Å²) in [6.45, 7) is 0.899. The summed E-state index contributed by atoms with van der Waals surface area (Å²) in [6, 6.07) is 0. The molecule has 0 fully saturated rings. The van der Waals surface area contributed by atoms with Crippen molar-refractivity contribution in [2.75, 3.05) is 0 Å². The molecule has 0 aliphatic rings. The van der Waals surface area contributed by atoms with Crippen LogP contribution in [0.2, 0.25) is 0 Å². The lowest BCUT2D eigenvalue weighted by Gasteiger charge is -1.95. The number of hydrogen-bond acceptors (Lipinski definition) is 1. The number of terminal acetylenes is 1. The zero-order valence-corrected chi connectivity index (χ0v) is 7.71. The quantitative estimate of drug-likeness (QED) is 0.555. The van der Waals surface area contributed by atoms with Crippen LogP contribution in [0.5, 0.6) is 0 Å². The van der Waals surface area contributed by atoms with Crippen LogP contribution in [-0.2, 0) is 6.54 Å². The third-order valence-electron chi connectivity index (χ3n) is 1.31. The van der Waals surface area contributed by atoms with Gasteiger partial charge in [-0.1, -0.05) is 0 Å². The first-order chi connectivity index (χ1) is 5.33. The lowest BCUT2D eigenvalue weighted by atomic mass is 10.3. The molecule has 0 unspecified atom stereocenters. The van der Waals surface area contributed by atoms with Crippen molar-refractivity contribution in [3.63, 3.8) is 0 Å². The molecule has 11 heavy (non-hydrogen) atoms. The van der Waals surface area contributed by atoms with Crippen molar-refractivity contribution < 1.29 is 0 Å². The predicted octanol–water partition coefficient (Wildman–Crippen LogP) is 2.06. The molecule has 1 heterocycles. The maximum Gasteiger partial charge on any atom is 0.0632 e. The van der Waals surface area contributed by atoms with Crippen LogP contribution in [0.1, 0.15) is 12.8 Å². The standard InChI is InChI=1S/C8H9BrN2/c1-2-3-4-5-11-7-8(9)6-10-11/h1,6-7H,3-5H2. The zero-order chi connectivity index (χ0) is 8.10. The van der Waals surface area contributed by atoms with Gasteiger partial charge in [0.1, 0.15) is 0 Å². The fourth-order valence-corrected chi connectivity index (χ4v) is 1.13. The molecule has 0 spiro atoms. The number of unbranched alkanes of at least 4 members (excludes halogenated alkanes) is 1. The van der Waals surface area contributed by atoms with Crippen LogP contribution >= 0.6 is 15.9 Å². The number of nitrogens with zero attached hydrogens (tertiary/aromatic N) is 2. The summed E-state index contributed by atoms with van der Waals surface area (Å²) in [5.41, 5.74) is 0. The van der Waals surface area contributed by atoms with Crippen LogP contribution in [0.15, 0.2) is 16.9 Å². The SMILES string of the molecule is C#CCCCn1cc(Br)cn1. The first-order valence-electron chi connectivity index (χ1n) is 3.44. The third kappa shape index (κ3) is 2.77. The van der Waals surface area contributed by atoms with E-state index in [-0.39, 0.29) is 0 Å². The molecule has 0 saturated heterocycles. The Morgan fingerprint density at radius 2 is 2.55 bits per heavy atom. The summed E-state index contributed by atoms with van der Waals surface area (Å²) in [5.74, 6) is 2.59. The molecule has 0 amide bonds. The molecule has 0 bridgehead atoms. The summed E-state index contributed by atoms with van der Waals surface area (Å²) < 4.78 is 2.89. The van der Waals surface area contributed by atoms with Crippen molar-refractivity contribution >= 4 is 15.9 Å². The average Bonchev–Trinajstić information content (AvgIpc) is 2.37. The van der Waals surface area contributed by atoms with Gasteiger partial charge in [-0.2, -0.15) is 5.10 Å². The normalized spacial score (nSPS) is 9.45. The van der Waals surface area contributed by atoms with E-state index in [1.807, 2.05) is 10.9 Å². The molecule has 0 aliphatic heterocycles. The van der Waals surface area contributed by atoms with Crippen LogP contribution in [0.3, 0.4) is 0 Å². The Morgan fingerprint density at radius 1 is 1.73 bits per heavy atom. The fourth-order valence-electron chi connectivity index (χ4n) is 0.804. The van der Waals surface area contributed by atoms with Gasteiger partial charge in [-0.25, -0.2) is 0 Å². The maximum absolute atomic E-state index is 5.11. The molecule has 1 aromatic heterocycles. The topological polar surface area (TPSA) is 17.8 Å². The zero-order valence-electron chi connectivity index (χ0n) is 6.13. The number of aryl methyl sites for hydroxylation is 1. The molecule has 0 radical (unpaired) electrons. The van der Waals surface area contributed by atoms with Gasteiger partial charge in [-0.05, 0) is 22.4 Å². The smallest absolute Gasteiger partial charge is 0.0632 e. The Bertz CT molecular complexity index is 259. The molecule has 1 aromatic rings. The number of halogens is 1. The summed E-state index contributed by atoms with van der Waals surface area (Å²) in [6.07, 6.45) is 10.6. The van der Waals surface area contributed by atoms with E-state index in [0.29, 0.717) is 0 Å². The first-order valence-corrected chi connectivity index (χ1v) is 4.23. The van der Waals surface area contributed by atoms with E-state index in [9.17, 15) is 0 Å². The number of rotatable bonds is 3. The third-order valence-corrected chi connectivity index (χ3v) is 1.72. The Hall–Kier alpha value is -0.750. The van der Waals surface area contributed by atoms with Gasteiger partial charge in [0.15, 0.2) is 0 Å². The van der Waals surface area contributed by atoms with Crippen LogP contribution in [0, 0.1) is 12.3 Å². The predicted molar refractivity (Wildman–Crippen MR) is 48.0 cm³/mol. The molecule has 58 valence electrons. The Kier molecular flexibility index (Phi) is 3.18. The van der Waals surface area contributed by atoms with E-state index in [0.717, 1.165) is 23.9 Å². The van der Waals surface area contributed by atoms with Crippen molar-refractivity contribution in [1.29, 1.82) is 0 Å². The highest BCUT2D eigenvalue weighted by Crippen LogP contribution is 2.06. The minimum atomic E-state index is 0.817. The molecule has 0 saturated carbocycles. The Balaban J connectivity index is 2.34. The van der Waals surface area contributed by atoms with Gasteiger partial charge in [-0.3, -0.25) is 4.68 Å². The van der Waals surface area contributed by atoms with E-state index in [1.165, 1.54) is 0 Å². The molecule has 3 heteroatoms. The molecule has 0 aliphatic carbocycles. The van der Waals surface area contributed by atoms with E-state index >= 15 is 0 Å². The van der Waals surface area contributed by atoms with E-state index in [1.54, 1.807) is 6.20 Å². The molecule has 1 rings (SSSR count). The van der Waals surface area contributed by atoms with Gasteiger partial charge >= 0.3 is 0 Å².